The Morgan fingerprint density at radius 3 is 2.62 bits per heavy atom. The molecule has 116 valence electrons. The van der Waals surface area contributed by atoms with E-state index in [2.05, 4.69) is 22.1 Å². The van der Waals surface area contributed by atoms with Gasteiger partial charge < -0.3 is 5.32 Å². The third kappa shape index (κ3) is 4.01. The van der Waals surface area contributed by atoms with Crippen LogP contribution in [0.1, 0.15) is 44.3 Å². The maximum Gasteiger partial charge on any atom is 0.141 e. The molecule has 1 heterocycles. The van der Waals surface area contributed by atoms with Crippen molar-refractivity contribution in [2.45, 2.75) is 44.7 Å². The average Bonchev–Trinajstić information content (AvgIpc) is 3.35. The lowest BCUT2D eigenvalue weighted by Gasteiger charge is -2.30. The molecule has 1 aromatic heterocycles. The van der Waals surface area contributed by atoms with Crippen LogP contribution in [0.2, 0.25) is 0 Å². The normalized spacial score (nSPS) is 21.5. The van der Waals surface area contributed by atoms with Gasteiger partial charge in [0.1, 0.15) is 5.82 Å². The molecular formula is C17H26FN3. The summed E-state index contributed by atoms with van der Waals surface area (Å²) in [5, 5.41) is 3.36. The van der Waals surface area contributed by atoms with Crippen molar-refractivity contribution in [2.24, 2.45) is 11.8 Å². The van der Waals surface area contributed by atoms with E-state index < -0.39 is 0 Å². The summed E-state index contributed by atoms with van der Waals surface area (Å²) in [6, 6.07) is 4.30. The van der Waals surface area contributed by atoms with E-state index in [1.165, 1.54) is 44.5 Å². The van der Waals surface area contributed by atoms with Crippen molar-refractivity contribution >= 4 is 0 Å². The Kier molecular flexibility index (Phi) is 4.55. The first-order chi connectivity index (χ1) is 10.2. The number of rotatable bonds is 8. The van der Waals surface area contributed by atoms with Crippen molar-refractivity contribution < 1.29 is 4.39 Å². The SMILES string of the molecule is CNC(c1ccc(F)cn1)C(C)CN(CC1CC1)C1CC1. The van der Waals surface area contributed by atoms with E-state index in [1.807, 2.05) is 7.05 Å². The van der Waals surface area contributed by atoms with Gasteiger partial charge in [-0.1, -0.05) is 6.92 Å². The number of pyridine rings is 1. The highest BCUT2D eigenvalue weighted by molar-refractivity contribution is 5.11. The van der Waals surface area contributed by atoms with E-state index in [4.69, 9.17) is 0 Å². The fourth-order valence-electron chi connectivity index (χ4n) is 3.21. The lowest BCUT2D eigenvalue weighted by atomic mass is 9.97. The fraction of sp³-hybridized carbons (Fsp3) is 0.706. The standard InChI is InChI=1S/C17H26FN3/c1-12(10-21(15-6-7-15)11-13-3-4-13)17(19-2)16-8-5-14(18)9-20-16/h5,8-9,12-13,15,17,19H,3-4,6-7,10-11H2,1-2H3. The molecule has 0 spiro atoms. The summed E-state index contributed by atoms with van der Waals surface area (Å²) >= 11 is 0. The van der Waals surface area contributed by atoms with Gasteiger partial charge in [0.2, 0.25) is 0 Å². The Hall–Kier alpha value is -1.00. The zero-order valence-electron chi connectivity index (χ0n) is 13.1. The Balaban J connectivity index is 1.63. The summed E-state index contributed by atoms with van der Waals surface area (Å²) in [7, 11) is 1.97. The van der Waals surface area contributed by atoms with E-state index in [9.17, 15) is 4.39 Å². The van der Waals surface area contributed by atoms with Crippen molar-refractivity contribution in [3.05, 3.63) is 29.8 Å². The van der Waals surface area contributed by atoms with Crippen LogP contribution in [0, 0.1) is 17.7 Å². The molecule has 0 aliphatic heterocycles. The van der Waals surface area contributed by atoms with Gasteiger partial charge in [0.05, 0.1) is 17.9 Å². The van der Waals surface area contributed by atoms with Crippen LogP contribution in [0.5, 0.6) is 0 Å². The maximum atomic E-state index is 13.0. The highest BCUT2D eigenvalue weighted by Crippen LogP contribution is 2.36. The third-order valence-electron chi connectivity index (χ3n) is 4.72. The number of hydrogen-bond donors (Lipinski definition) is 1. The topological polar surface area (TPSA) is 28.2 Å². The van der Waals surface area contributed by atoms with Crippen molar-refractivity contribution in [3.63, 3.8) is 0 Å². The minimum Gasteiger partial charge on any atom is -0.311 e. The van der Waals surface area contributed by atoms with Gasteiger partial charge in [-0.15, -0.1) is 0 Å². The molecule has 4 heteroatoms. The Morgan fingerprint density at radius 1 is 1.33 bits per heavy atom. The molecular weight excluding hydrogens is 265 g/mol. The number of nitrogens with zero attached hydrogens (tertiary/aromatic N) is 2. The first-order valence-corrected chi connectivity index (χ1v) is 8.20. The summed E-state index contributed by atoms with van der Waals surface area (Å²) < 4.78 is 13.0. The van der Waals surface area contributed by atoms with Crippen LogP contribution in [0.4, 0.5) is 4.39 Å². The number of nitrogens with one attached hydrogen (secondary N) is 1. The Labute approximate surface area is 126 Å². The largest absolute Gasteiger partial charge is 0.311 e. The van der Waals surface area contributed by atoms with Crippen LogP contribution >= 0.6 is 0 Å². The van der Waals surface area contributed by atoms with E-state index in [0.717, 1.165) is 24.2 Å². The summed E-state index contributed by atoms with van der Waals surface area (Å²) in [6.07, 6.45) is 6.85. The van der Waals surface area contributed by atoms with E-state index in [1.54, 1.807) is 6.07 Å². The lowest BCUT2D eigenvalue weighted by Crippen LogP contribution is -2.37. The molecule has 2 fully saturated rings. The second-order valence-corrected chi connectivity index (χ2v) is 6.77. The van der Waals surface area contributed by atoms with Crippen molar-refractivity contribution in [1.82, 2.24) is 15.2 Å². The molecule has 2 aliphatic carbocycles. The average molecular weight is 291 g/mol. The molecule has 0 saturated heterocycles. The molecule has 2 atom stereocenters. The predicted octanol–water partition coefficient (Wildman–Crippen LogP) is 2.99. The Bertz CT molecular complexity index is 454. The predicted molar refractivity (Wildman–Crippen MR) is 82.5 cm³/mol. The second-order valence-electron chi connectivity index (χ2n) is 6.77. The summed E-state index contributed by atoms with van der Waals surface area (Å²) in [6.45, 7) is 4.64. The van der Waals surface area contributed by atoms with Crippen molar-refractivity contribution in [1.29, 1.82) is 0 Å². The maximum absolute atomic E-state index is 13.0. The van der Waals surface area contributed by atoms with E-state index in [-0.39, 0.29) is 11.9 Å². The quantitative estimate of drug-likeness (QED) is 0.798. The molecule has 0 radical (unpaired) electrons. The van der Waals surface area contributed by atoms with Crippen LogP contribution in [-0.2, 0) is 0 Å². The van der Waals surface area contributed by atoms with Gasteiger partial charge in [-0.05, 0) is 56.7 Å². The monoisotopic (exact) mass is 291 g/mol. The van der Waals surface area contributed by atoms with E-state index >= 15 is 0 Å². The first-order valence-electron chi connectivity index (χ1n) is 8.20. The molecule has 0 aromatic carbocycles. The van der Waals surface area contributed by atoms with Crippen LogP contribution in [-0.4, -0.2) is 36.1 Å². The van der Waals surface area contributed by atoms with Gasteiger partial charge in [0, 0.05) is 19.1 Å². The Morgan fingerprint density at radius 2 is 2.10 bits per heavy atom. The molecule has 2 saturated carbocycles. The van der Waals surface area contributed by atoms with Gasteiger partial charge in [0.25, 0.3) is 0 Å². The van der Waals surface area contributed by atoms with Gasteiger partial charge in [0.15, 0.2) is 0 Å². The molecule has 2 aliphatic rings. The molecule has 21 heavy (non-hydrogen) atoms. The smallest absolute Gasteiger partial charge is 0.141 e. The molecule has 2 unspecified atom stereocenters. The number of hydrogen-bond acceptors (Lipinski definition) is 3. The van der Waals surface area contributed by atoms with Gasteiger partial charge >= 0.3 is 0 Å². The number of aromatic nitrogens is 1. The molecule has 0 amide bonds. The molecule has 3 nitrogen and oxygen atoms in total. The highest BCUT2D eigenvalue weighted by Gasteiger charge is 2.35. The van der Waals surface area contributed by atoms with Crippen molar-refractivity contribution in [3.8, 4) is 0 Å². The minimum atomic E-state index is -0.269. The minimum absolute atomic E-state index is 0.186. The third-order valence-corrected chi connectivity index (χ3v) is 4.72. The fourth-order valence-corrected chi connectivity index (χ4v) is 3.21. The van der Waals surface area contributed by atoms with Crippen molar-refractivity contribution in [2.75, 3.05) is 20.1 Å². The highest BCUT2D eigenvalue weighted by atomic mass is 19.1. The van der Waals surface area contributed by atoms with Gasteiger partial charge in [-0.2, -0.15) is 0 Å². The summed E-state index contributed by atoms with van der Waals surface area (Å²) in [5.41, 5.74) is 0.938. The zero-order valence-corrected chi connectivity index (χ0v) is 13.1. The van der Waals surface area contributed by atoms with E-state index in [0.29, 0.717) is 5.92 Å². The summed E-state index contributed by atoms with van der Waals surface area (Å²) in [5.74, 6) is 1.14. The second kappa shape index (κ2) is 6.41. The number of halogens is 1. The van der Waals surface area contributed by atoms with Crippen LogP contribution in [0.15, 0.2) is 18.3 Å². The van der Waals surface area contributed by atoms with Crippen LogP contribution in [0.3, 0.4) is 0 Å². The first kappa shape index (κ1) is 14.9. The molecule has 0 bridgehead atoms. The van der Waals surface area contributed by atoms with Gasteiger partial charge in [-0.25, -0.2) is 4.39 Å². The van der Waals surface area contributed by atoms with Crippen LogP contribution < -0.4 is 5.32 Å². The molecule has 3 rings (SSSR count). The molecule has 1 aromatic rings. The summed E-state index contributed by atoms with van der Waals surface area (Å²) in [4.78, 5) is 6.93. The lowest BCUT2D eigenvalue weighted by molar-refractivity contribution is 0.196. The van der Waals surface area contributed by atoms with Crippen LogP contribution in [0.25, 0.3) is 0 Å². The molecule has 1 N–H and O–H groups in total. The van der Waals surface area contributed by atoms with Gasteiger partial charge in [-0.3, -0.25) is 9.88 Å². The zero-order chi connectivity index (χ0) is 14.8.